The molecule has 0 unspecified atom stereocenters. The van der Waals surface area contributed by atoms with E-state index in [2.05, 4.69) is 16.4 Å². The fourth-order valence-electron chi connectivity index (χ4n) is 4.04. The Bertz CT molecular complexity index is 606. The van der Waals surface area contributed by atoms with E-state index in [-0.39, 0.29) is 12.1 Å². The molecule has 1 aliphatic heterocycles. The molecule has 1 amide bonds. The van der Waals surface area contributed by atoms with Crippen molar-refractivity contribution in [1.82, 2.24) is 9.88 Å². The fraction of sp³-hybridized carbons (Fsp3) is 0.714. The van der Waals surface area contributed by atoms with E-state index in [0.717, 1.165) is 37.2 Å². The molecule has 5 nitrogen and oxygen atoms in total. The first-order valence-electron chi connectivity index (χ1n) is 10.1. The number of likely N-dealkylation sites (tertiary alicyclic amines) is 1. The maximum atomic E-state index is 12.8. The number of pyridine rings is 1. The number of nitrogens with zero attached hydrogens (tertiary/aromatic N) is 2. The minimum atomic E-state index is -0.475. The van der Waals surface area contributed by atoms with Gasteiger partial charge < -0.3 is 15.0 Å². The van der Waals surface area contributed by atoms with Gasteiger partial charge >= 0.3 is 6.09 Å². The van der Waals surface area contributed by atoms with Gasteiger partial charge in [0.15, 0.2) is 0 Å². The minimum absolute atomic E-state index is 0.0402. The van der Waals surface area contributed by atoms with E-state index in [9.17, 15) is 4.79 Å². The summed E-state index contributed by atoms with van der Waals surface area (Å²) in [7, 11) is 0. The Hall–Kier alpha value is -1.78. The van der Waals surface area contributed by atoms with E-state index >= 15 is 0 Å². The maximum absolute atomic E-state index is 12.8. The van der Waals surface area contributed by atoms with Crippen LogP contribution in [0.4, 0.5) is 10.6 Å². The number of carbonyl (C=O) groups excluding carboxylic acids is 1. The molecule has 1 N–H and O–H groups in total. The Morgan fingerprint density at radius 2 is 1.88 bits per heavy atom. The monoisotopic (exact) mass is 359 g/mol. The van der Waals surface area contributed by atoms with Crippen LogP contribution in [-0.2, 0) is 4.74 Å². The summed E-state index contributed by atoms with van der Waals surface area (Å²) in [5.41, 5.74) is 0.653. The number of ether oxygens (including phenoxy) is 1. The molecular formula is C21H33N3O2. The summed E-state index contributed by atoms with van der Waals surface area (Å²) in [5, 5.41) is 3.66. The summed E-state index contributed by atoms with van der Waals surface area (Å²) >= 11 is 0. The summed E-state index contributed by atoms with van der Waals surface area (Å²) in [5.74, 6) is 0.944. The second-order valence-corrected chi connectivity index (χ2v) is 8.61. The number of nitrogens with one attached hydrogen (secondary N) is 1. The van der Waals surface area contributed by atoms with E-state index in [1.165, 1.54) is 32.1 Å². The third-order valence-electron chi connectivity index (χ3n) is 5.27. The average Bonchev–Trinajstić information content (AvgIpc) is 2.62. The molecule has 2 fully saturated rings. The third kappa shape index (κ3) is 4.89. The van der Waals surface area contributed by atoms with E-state index in [1.807, 2.05) is 37.9 Å². The highest BCUT2D eigenvalue weighted by Crippen LogP contribution is 2.36. The fourth-order valence-corrected chi connectivity index (χ4v) is 4.04. The van der Waals surface area contributed by atoms with Crippen LogP contribution in [0.15, 0.2) is 18.3 Å². The van der Waals surface area contributed by atoms with E-state index in [0.29, 0.717) is 6.04 Å². The number of anilines is 1. The van der Waals surface area contributed by atoms with Crippen molar-refractivity contribution < 1.29 is 9.53 Å². The lowest BCUT2D eigenvalue weighted by atomic mass is 9.93. The van der Waals surface area contributed by atoms with E-state index in [1.54, 1.807) is 0 Å². The van der Waals surface area contributed by atoms with Crippen LogP contribution in [0.5, 0.6) is 0 Å². The number of amides is 1. The largest absolute Gasteiger partial charge is 0.444 e. The van der Waals surface area contributed by atoms with Gasteiger partial charge in [0.05, 0.1) is 6.04 Å². The molecule has 1 aromatic heterocycles. The topological polar surface area (TPSA) is 54.5 Å². The normalized spacial score (nSPS) is 22.1. The van der Waals surface area contributed by atoms with Gasteiger partial charge in [-0.15, -0.1) is 0 Å². The lowest BCUT2D eigenvalue weighted by Crippen LogP contribution is -2.42. The van der Waals surface area contributed by atoms with Crippen molar-refractivity contribution in [2.45, 2.75) is 89.8 Å². The summed E-state index contributed by atoms with van der Waals surface area (Å²) in [6, 6.07) is 4.63. The van der Waals surface area contributed by atoms with Gasteiger partial charge in [0.25, 0.3) is 0 Å². The second-order valence-electron chi connectivity index (χ2n) is 8.61. The Morgan fingerprint density at radius 3 is 2.62 bits per heavy atom. The van der Waals surface area contributed by atoms with E-state index < -0.39 is 5.60 Å². The predicted octanol–water partition coefficient (Wildman–Crippen LogP) is 5.29. The number of rotatable bonds is 3. The number of piperidine rings is 1. The van der Waals surface area contributed by atoms with Crippen molar-refractivity contribution in [2.24, 2.45) is 0 Å². The molecule has 5 heteroatoms. The minimum Gasteiger partial charge on any atom is -0.444 e. The van der Waals surface area contributed by atoms with Gasteiger partial charge in [-0.3, -0.25) is 0 Å². The molecule has 144 valence electrons. The zero-order chi connectivity index (χ0) is 18.6. The Balaban J connectivity index is 1.79. The van der Waals surface area contributed by atoms with Crippen LogP contribution in [0.25, 0.3) is 0 Å². The first-order chi connectivity index (χ1) is 12.4. The SMILES string of the molecule is CC(C)(C)OC(=O)N1CCCC[C@H]1c1cccnc1NC1CCCCC1. The third-order valence-corrected chi connectivity index (χ3v) is 5.27. The van der Waals surface area contributed by atoms with Crippen LogP contribution < -0.4 is 5.32 Å². The van der Waals surface area contributed by atoms with Gasteiger partial charge in [-0.1, -0.05) is 25.3 Å². The maximum Gasteiger partial charge on any atom is 0.410 e. The molecule has 0 radical (unpaired) electrons. The summed E-state index contributed by atoms with van der Waals surface area (Å²) in [6.45, 7) is 6.51. The highest BCUT2D eigenvalue weighted by Gasteiger charge is 2.33. The summed E-state index contributed by atoms with van der Waals surface area (Å²) < 4.78 is 5.66. The molecule has 0 aromatic carbocycles. The van der Waals surface area contributed by atoms with Crippen LogP contribution in [0.1, 0.15) is 83.7 Å². The van der Waals surface area contributed by atoms with Crippen LogP contribution >= 0.6 is 0 Å². The highest BCUT2D eigenvalue weighted by molar-refractivity contribution is 5.69. The van der Waals surface area contributed by atoms with Crippen molar-refractivity contribution in [2.75, 3.05) is 11.9 Å². The molecule has 1 aromatic rings. The van der Waals surface area contributed by atoms with Crippen molar-refractivity contribution in [1.29, 1.82) is 0 Å². The van der Waals surface area contributed by atoms with Crippen LogP contribution in [0, 0.1) is 0 Å². The molecule has 2 heterocycles. The van der Waals surface area contributed by atoms with Crippen molar-refractivity contribution >= 4 is 11.9 Å². The standard InChI is InChI=1S/C21H33N3O2/c1-21(2,3)26-20(25)24-15-8-7-13-18(24)17-12-9-14-22-19(17)23-16-10-5-4-6-11-16/h9,12,14,16,18H,4-8,10-11,13,15H2,1-3H3,(H,22,23)/t18-/m0/s1. The van der Waals surface area contributed by atoms with Crippen LogP contribution in [-0.4, -0.2) is 34.2 Å². The van der Waals surface area contributed by atoms with E-state index in [4.69, 9.17) is 4.74 Å². The van der Waals surface area contributed by atoms with Crippen LogP contribution in [0.3, 0.4) is 0 Å². The zero-order valence-electron chi connectivity index (χ0n) is 16.5. The van der Waals surface area contributed by atoms with Gasteiger partial charge in [0.2, 0.25) is 0 Å². The Morgan fingerprint density at radius 1 is 1.15 bits per heavy atom. The molecule has 2 aliphatic rings. The molecule has 0 spiro atoms. The van der Waals surface area contributed by atoms with Crippen molar-refractivity contribution in [3.05, 3.63) is 23.9 Å². The predicted molar refractivity (Wildman–Crippen MR) is 104 cm³/mol. The lowest BCUT2D eigenvalue weighted by Gasteiger charge is -2.38. The quantitative estimate of drug-likeness (QED) is 0.797. The number of carbonyl (C=O) groups is 1. The van der Waals surface area contributed by atoms with Crippen LogP contribution in [0.2, 0.25) is 0 Å². The Kier molecular flexibility index (Phi) is 6.05. The second kappa shape index (κ2) is 8.28. The molecular weight excluding hydrogens is 326 g/mol. The van der Waals surface area contributed by atoms with Gasteiger partial charge in [0.1, 0.15) is 11.4 Å². The molecule has 1 saturated heterocycles. The summed E-state index contributed by atoms with van der Waals surface area (Å²) in [4.78, 5) is 19.3. The Labute approximate surface area is 157 Å². The number of aromatic nitrogens is 1. The average molecular weight is 360 g/mol. The van der Waals surface area contributed by atoms with Gasteiger partial charge in [-0.2, -0.15) is 0 Å². The molecule has 1 saturated carbocycles. The van der Waals surface area contributed by atoms with Crippen molar-refractivity contribution in [3.63, 3.8) is 0 Å². The highest BCUT2D eigenvalue weighted by atomic mass is 16.6. The molecule has 1 atom stereocenters. The van der Waals surface area contributed by atoms with Crippen molar-refractivity contribution in [3.8, 4) is 0 Å². The zero-order valence-corrected chi connectivity index (χ0v) is 16.5. The van der Waals surface area contributed by atoms with Gasteiger partial charge in [-0.05, 0) is 58.9 Å². The molecule has 0 bridgehead atoms. The smallest absolute Gasteiger partial charge is 0.410 e. The molecule has 26 heavy (non-hydrogen) atoms. The summed E-state index contributed by atoms with van der Waals surface area (Å²) in [6.07, 6.45) is 11.1. The lowest BCUT2D eigenvalue weighted by molar-refractivity contribution is 0.00957. The van der Waals surface area contributed by atoms with Gasteiger partial charge in [0, 0.05) is 24.3 Å². The first kappa shape index (κ1) is 19.0. The first-order valence-corrected chi connectivity index (χ1v) is 10.1. The van der Waals surface area contributed by atoms with Gasteiger partial charge in [-0.25, -0.2) is 9.78 Å². The number of hydrogen-bond acceptors (Lipinski definition) is 4. The number of hydrogen-bond donors (Lipinski definition) is 1. The molecule has 1 aliphatic carbocycles. The molecule has 3 rings (SSSR count).